The highest BCUT2D eigenvalue weighted by Crippen LogP contribution is 2.39. The number of hydrogen-bond acceptors (Lipinski definition) is 3. The van der Waals surface area contributed by atoms with Gasteiger partial charge >= 0.3 is 0 Å². The maximum atomic E-state index is 12.6. The highest BCUT2D eigenvalue weighted by atomic mass is 16.5. The van der Waals surface area contributed by atoms with Crippen LogP contribution in [-0.4, -0.2) is 35.3 Å². The van der Waals surface area contributed by atoms with Gasteiger partial charge in [0.15, 0.2) is 5.78 Å². The molecule has 4 heteroatoms. The minimum absolute atomic E-state index is 0.143. The van der Waals surface area contributed by atoms with Gasteiger partial charge in [0, 0.05) is 25.9 Å². The molecule has 1 saturated heterocycles. The van der Waals surface area contributed by atoms with Crippen LogP contribution in [-0.2, 0) is 11.2 Å². The first-order valence-corrected chi connectivity index (χ1v) is 9.19. The Bertz CT molecular complexity index is 836. The number of fused-ring (bicyclic) bond motifs is 1. The van der Waals surface area contributed by atoms with Gasteiger partial charge in [0.1, 0.15) is 11.4 Å². The fourth-order valence-electron chi connectivity index (χ4n) is 3.93. The molecule has 0 bridgehead atoms. The van der Waals surface area contributed by atoms with Crippen molar-refractivity contribution in [3.05, 3.63) is 65.2 Å². The number of hydrogen-bond donors (Lipinski definition) is 0. The number of benzene rings is 2. The monoisotopic (exact) mass is 349 g/mol. The number of ether oxygens (including phenoxy) is 1. The lowest BCUT2D eigenvalue weighted by Gasteiger charge is -2.44. The molecule has 1 fully saturated rings. The molecule has 1 spiro atoms. The quantitative estimate of drug-likeness (QED) is 0.833. The van der Waals surface area contributed by atoms with Gasteiger partial charge in [-0.25, -0.2) is 0 Å². The summed E-state index contributed by atoms with van der Waals surface area (Å²) in [6.45, 7) is 3.28. The van der Waals surface area contributed by atoms with Gasteiger partial charge in [-0.15, -0.1) is 0 Å². The molecule has 2 aromatic carbocycles. The third-order valence-electron chi connectivity index (χ3n) is 5.47. The molecular formula is C22H23NO3. The van der Waals surface area contributed by atoms with Gasteiger partial charge in [-0.3, -0.25) is 9.59 Å². The first kappa shape index (κ1) is 16.8. The second-order valence-corrected chi connectivity index (χ2v) is 7.43. The highest BCUT2D eigenvalue weighted by molar-refractivity contribution is 6.00. The Hall–Kier alpha value is -2.62. The lowest BCUT2D eigenvalue weighted by Crippen LogP contribution is -2.52. The Balaban J connectivity index is 1.43. The molecule has 134 valence electrons. The van der Waals surface area contributed by atoms with Gasteiger partial charge in [-0.05, 0) is 30.2 Å². The molecule has 0 saturated carbocycles. The Morgan fingerprint density at radius 1 is 1.12 bits per heavy atom. The molecule has 0 radical (unpaired) electrons. The molecule has 26 heavy (non-hydrogen) atoms. The van der Waals surface area contributed by atoms with Crippen LogP contribution < -0.4 is 4.74 Å². The number of rotatable bonds is 2. The van der Waals surface area contributed by atoms with Crippen molar-refractivity contribution < 1.29 is 14.3 Å². The predicted octanol–water partition coefficient (Wildman–Crippen LogP) is 3.56. The van der Waals surface area contributed by atoms with E-state index in [9.17, 15) is 9.59 Å². The topological polar surface area (TPSA) is 46.6 Å². The Morgan fingerprint density at radius 3 is 2.58 bits per heavy atom. The number of aryl methyl sites for hydroxylation is 1. The van der Waals surface area contributed by atoms with Crippen LogP contribution >= 0.6 is 0 Å². The van der Waals surface area contributed by atoms with Crippen LogP contribution in [0.1, 0.15) is 40.7 Å². The Labute approximate surface area is 153 Å². The molecule has 0 N–H and O–H groups in total. The SMILES string of the molecule is Cc1ccc2c(c1)OC1(CCN(C(=O)Cc3ccccc3)CC1)CC2=O. The van der Waals surface area contributed by atoms with E-state index in [0.29, 0.717) is 50.1 Å². The van der Waals surface area contributed by atoms with Crippen LogP contribution in [0.2, 0.25) is 0 Å². The average Bonchev–Trinajstić information content (AvgIpc) is 2.62. The molecule has 0 aliphatic carbocycles. The Morgan fingerprint density at radius 2 is 1.85 bits per heavy atom. The summed E-state index contributed by atoms with van der Waals surface area (Å²) in [5, 5.41) is 0. The number of carbonyl (C=O) groups excluding carboxylic acids is 2. The number of ketones is 1. The minimum atomic E-state index is -0.457. The van der Waals surface area contributed by atoms with Crippen molar-refractivity contribution in [2.24, 2.45) is 0 Å². The van der Waals surface area contributed by atoms with Crippen LogP contribution in [0.15, 0.2) is 48.5 Å². The van der Waals surface area contributed by atoms with E-state index >= 15 is 0 Å². The smallest absolute Gasteiger partial charge is 0.226 e. The van der Waals surface area contributed by atoms with Crippen LogP contribution in [0.3, 0.4) is 0 Å². The average molecular weight is 349 g/mol. The molecule has 4 rings (SSSR count). The minimum Gasteiger partial charge on any atom is -0.486 e. The van der Waals surface area contributed by atoms with E-state index in [4.69, 9.17) is 4.74 Å². The van der Waals surface area contributed by atoms with Crippen molar-refractivity contribution in [2.45, 2.75) is 38.2 Å². The molecule has 1 amide bonds. The molecular weight excluding hydrogens is 326 g/mol. The number of carbonyl (C=O) groups is 2. The number of nitrogens with zero attached hydrogens (tertiary/aromatic N) is 1. The van der Waals surface area contributed by atoms with Gasteiger partial charge in [0.05, 0.1) is 18.4 Å². The largest absolute Gasteiger partial charge is 0.486 e. The second kappa shape index (κ2) is 6.60. The molecule has 0 atom stereocenters. The van der Waals surface area contributed by atoms with Gasteiger partial charge in [0.2, 0.25) is 5.91 Å². The summed E-state index contributed by atoms with van der Waals surface area (Å²) in [6, 6.07) is 15.6. The molecule has 2 aromatic rings. The van der Waals surface area contributed by atoms with E-state index < -0.39 is 5.60 Å². The maximum absolute atomic E-state index is 12.6. The van der Waals surface area contributed by atoms with Crippen molar-refractivity contribution in [1.29, 1.82) is 0 Å². The van der Waals surface area contributed by atoms with Gasteiger partial charge in [0.25, 0.3) is 0 Å². The zero-order chi connectivity index (χ0) is 18.1. The van der Waals surface area contributed by atoms with Crippen LogP contribution in [0.25, 0.3) is 0 Å². The Kier molecular flexibility index (Phi) is 4.27. The van der Waals surface area contributed by atoms with E-state index in [2.05, 4.69) is 0 Å². The van der Waals surface area contributed by atoms with Crippen LogP contribution in [0.4, 0.5) is 0 Å². The normalized spacial score (nSPS) is 18.3. The summed E-state index contributed by atoms with van der Waals surface area (Å²) in [5.41, 5.74) is 2.35. The first-order valence-electron chi connectivity index (χ1n) is 9.19. The molecule has 2 aliphatic heterocycles. The number of likely N-dealkylation sites (tertiary alicyclic amines) is 1. The summed E-state index contributed by atoms with van der Waals surface area (Å²) < 4.78 is 6.30. The lowest BCUT2D eigenvalue weighted by molar-refractivity contribution is -0.134. The van der Waals surface area contributed by atoms with Gasteiger partial charge < -0.3 is 9.64 Å². The van der Waals surface area contributed by atoms with Crippen LogP contribution in [0, 0.1) is 6.92 Å². The third kappa shape index (κ3) is 3.24. The number of amides is 1. The highest BCUT2D eigenvalue weighted by Gasteiger charge is 2.43. The summed E-state index contributed by atoms with van der Waals surface area (Å²) in [6.07, 6.45) is 2.23. The van der Waals surface area contributed by atoms with Crippen molar-refractivity contribution in [1.82, 2.24) is 4.90 Å². The molecule has 0 aromatic heterocycles. The van der Waals surface area contributed by atoms with E-state index in [1.165, 1.54) is 0 Å². The fraction of sp³-hybridized carbons (Fsp3) is 0.364. The first-order chi connectivity index (χ1) is 12.5. The van der Waals surface area contributed by atoms with Crippen molar-refractivity contribution in [2.75, 3.05) is 13.1 Å². The van der Waals surface area contributed by atoms with E-state index in [-0.39, 0.29) is 11.7 Å². The number of Topliss-reactive ketones (excluding diaryl/α,β-unsaturated/α-hetero) is 1. The van der Waals surface area contributed by atoms with Crippen LogP contribution in [0.5, 0.6) is 5.75 Å². The number of piperidine rings is 1. The van der Waals surface area contributed by atoms with E-state index in [0.717, 1.165) is 11.1 Å². The van der Waals surface area contributed by atoms with Gasteiger partial charge in [-0.1, -0.05) is 36.4 Å². The van der Waals surface area contributed by atoms with E-state index in [1.807, 2.05) is 60.4 Å². The molecule has 2 heterocycles. The predicted molar refractivity (Wildman–Crippen MR) is 99.4 cm³/mol. The van der Waals surface area contributed by atoms with Crippen molar-refractivity contribution in [3.8, 4) is 5.75 Å². The summed E-state index contributed by atoms with van der Waals surface area (Å²) in [7, 11) is 0. The third-order valence-corrected chi connectivity index (χ3v) is 5.47. The van der Waals surface area contributed by atoms with E-state index in [1.54, 1.807) is 0 Å². The maximum Gasteiger partial charge on any atom is 0.226 e. The fourth-order valence-corrected chi connectivity index (χ4v) is 3.93. The van der Waals surface area contributed by atoms with Crippen molar-refractivity contribution >= 4 is 11.7 Å². The summed E-state index contributed by atoms with van der Waals surface area (Å²) in [4.78, 5) is 27.0. The zero-order valence-corrected chi connectivity index (χ0v) is 15.0. The molecule has 2 aliphatic rings. The second-order valence-electron chi connectivity index (χ2n) is 7.43. The van der Waals surface area contributed by atoms with Crippen molar-refractivity contribution in [3.63, 3.8) is 0 Å². The summed E-state index contributed by atoms with van der Waals surface area (Å²) >= 11 is 0. The standard InChI is InChI=1S/C22H23NO3/c1-16-7-8-18-19(24)15-22(26-20(18)13-16)9-11-23(12-10-22)21(25)14-17-5-3-2-4-6-17/h2-8,13H,9-12,14-15H2,1H3. The molecule has 0 unspecified atom stereocenters. The summed E-state index contributed by atoms with van der Waals surface area (Å²) in [5.74, 6) is 0.991. The molecule has 4 nitrogen and oxygen atoms in total. The van der Waals surface area contributed by atoms with Gasteiger partial charge in [-0.2, -0.15) is 0 Å². The zero-order valence-electron chi connectivity index (χ0n) is 15.0. The lowest BCUT2D eigenvalue weighted by atomic mass is 9.82.